The molecule has 3 rings (SSSR count). The van der Waals surface area contributed by atoms with Crippen molar-refractivity contribution in [1.29, 1.82) is 0 Å². The molecule has 0 amide bonds. The molecule has 2 aromatic carbocycles. The van der Waals surface area contributed by atoms with Crippen LogP contribution in [-0.2, 0) is 9.59 Å². The van der Waals surface area contributed by atoms with Crippen molar-refractivity contribution >= 4 is 41.0 Å². The maximum absolute atomic E-state index is 13.0. The zero-order chi connectivity index (χ0) is 17.6. The van der Waals surface area contributed by atoms with Crippen LogP contribution in [0.3, 0.4) is 0 Å². The summed E-state index contributed by atoms with van der Waals surface area (Å²) in [6.45, 7) is 2.05. The summed E-state index contributed by atoms with van der Waals surface area (Å²) in [5, 5.41) is 0.101. The first-order valence-electron chi connectivity index (χ1n) is 8.35. The maximum atomic E-state index is 13.0. The van der Waals surface area contributed by atoms with Crippen molar-refractivity contribution in [3.8, 4) is 0 Å². The zero-order valence-electron chi connectivity index (χ0n) is 14.0. The Hall–Kier alpha value is -1.61. The quantitative estimate of drug-likeness (QED) is 0.424. The SMILES string of the molecule is C[C@H]1C=CC[C@H](C(=O)Sc2ccccc2)[C@H]1C(=O)[Se]c1ccccc1. The van der Waals surface area contributed by atoms with Gasteiger partial charge in [0.1, 0.15) is 0 Å². The predicted molar refractivity (Wildman–Crippen MR) is 104 cm³/mol. The molecule has 128 valence electrons. The number of benzene rings is 2. The summed E-state index contributed by atoms with van der Waals surface area (Å²) in [5.41, 5.74) is 0. The Morgan fingerprint density at radius 1 is 1.00 bits per heavy atom. The molecule has 0 saturated carbocycles. The Bertz CT molecular complexity index is 758. The molecule has 2 nitrogen and oxygen atoms in total. The van der Waals surface area contributed by atoms with Gasteiger partial charge in [-0.25, -0.2) is 0 Å². The Balaban J connectivity index is 1.75. The zero-order valence-corrected chi connectivity index (χ0v) is 16.5. The molecule has 1 aliphatic rings. The molecule has 3 atom stereocenters. The molecule has 4 heteroatoms. The van der Waals surface area contributed by atoms with Gasteiger partial charge in [0.05, 0.1) is 0 Å². The minimum atomic E-state index is -0.249. The summed E-state index contributed by atoms with van der Waals surface area (Å²) in [6, 6.07) is 19.6. The van der Waals surface area contributed by atoms with Crippen molar-refractivity contribution in [2.24, 2.45) is 17.8 Å². The van der Waals surface area contributed by atoms with Gasteiger partial charge in [-0.15, -0.1) is 0 Å². The van der Waals surface area contributed by atoms with Gasteiger partial charge in [-0.05, 0) is 0 Å². The van der Waals surface area contributed by atoms with Crippen LogP contribution in [-0.4, -0.2) is 24.8 Å². The Kier molecular flexibility index (Phi) is 6.30. The van der Waals surface area contributed by atoms with Crippen LogP contribution in [0.2, 0.25) is 0 Å². The number of hydrogen-bond acceptors (Lipinski definition) is 3. The fraction of sp³-hybridized carbons (Fsp3) is 0.238. The monoisotopic (exact) mass is 416 g/mol. The summed E-state index contributed by atoms with van der Waals surface area (Å²) < 4.78 is 1.30. The number of hydrogen-bond donors (Lipinski definition) is 0. The van der Waals surface area contributed by atoms with Crippen LogP contribution in [0, 0.1) is 17.8 Å². The molecule has 0 aromatic heterocycles. The van der Waals surface area contributed by atoms with Crippen LogP contribution in [0.5, 0.6) is 0 Å². The molecule has 1 aliphatic carbocycles. The fourth-order valence-corrected chi connectivity index (χ4v) is 6.15. The van der Waals surface area contributed by atoms with Gasteiger partial charge < -0.3 is 0 Å². The van der Waals surface area contributed by atoms with E-state index in [1.807, 2.05) is 67.6 Å². The second kappa shape index (κ2) is 8.66. The van der Waals surface area contributed by atoms with Gasteiger partial charge in [-0.2, -0.15) is 0 Å². The second-order valence-corrected chi connectivity index (χ2v) is 9.46. The van der Waals surface area contributed by atoms with E-state index in [0.29, 0.717) is 6.42 Å². The van der Waals surface area contributed by atoms with E-state index < -0.39 is 0 Å². The Morgan fingerprint density at radius 3 is 2.32 bits per heavy atom. The molecular formula is C21H20O2SSe. The van der Waals surface area contributed by atoms with Crippen molar-refractivity contribution in [3.05, 3.63) is 72.8 Å². The average molecular weight is 415 g/mol. The average Bonchev–Trinajstić information content (AvgIpc) is 2.63. The van der Waals surface area contributed by atoms with E-state index in [1.54, 1.807) is 0 Å². The molecule has 0 N–H and O–H groups in total. The molecule has 0 bridgehead atoms. The molecule has 0 unspecified atom stereocenters. The fourth-order valence-electron chi connectivity index (χ4n) is 3.05. The van der Waals surface area contributed by atoms with Crippen LogP contribution in [0.15, 0.2) is 77.7 Å². The predicted octanol–water partition coefficient (Wildman–Crippen LogP) is 3.69. The van der Waals surface area contributed by atoms with E-state index in [1.165, 1.54) is 11.8 Å². The van der Waals surface area contributed by atoms with Gasteiger partial charge >= 0.3 is 159 Å². The second-order valence-electron chi connectivity index (χ2n) is 6.12. The van der Waals surface area contributed by atoms with Crippen molar-refractivity contribution in [2.45, 2.75) is 18.2 Å². The molecule has 2 aromatic rings. The van der Waals surface area contributed by atoms with E-state index >= 15 is 0 Å². The summed E-state index contributed by atoms with van der Waals surface area (Å²) >= 11 is 1.01. The minimum absolute atomic E-state index is 0.101. The third kappa shape index (κ3) is 4.72. The number of thioether (sulfide) groups is 1. The van der Waals surface area contributed by atoms with Gasteiger partial charge in [0.15, 0.2) is 0 Å². The van der Waals surface area contributed by atoms with Gasteiger partial charge in [0.25, 0.3) is 0 Å². The van der Waals surface area contributed by atoms with Crippen molar-refractivity contribution in [2.75, 3.05) is 0 Å². The normalized spacial score (nSPS) is 22.5. The van der Waals surface area contributed by atoms with Crippen LogP contribution in [0.25, 0.3) is 0 Å². The number of rotatable bonds is 5. The van der Waals surface area contributed by atoms with Crippen molar-refractivity contribution in [1.82, 2.24) is 0 Å². The van der Waals surface area contributed by atoms with Gasteiger partial charge in [-0.3, -0.25) is 0 Å². The summed E-state index contributed by atoms with van der Waals surface area (Å²) in [7, 11) is 0. The van der Waals surface area contributed by atoms with Crippen LogP contribution in [0.1, 0.15) is 13.3 Å². The number of carbonyl (C=O) groups excluding carboxylic acids is 2. The standard InChI is InChI=1S/C21H20O2SSe/c1-15-9-8-14-18(20(22)24-16-10-4-2-5-11-16)19(15)21(23)25-17-12-6-3-7-13-17/h2-13,15,18-19H,14H2,1H3/t15-,18-,19-/m0/s1. The molecule has 0 fully saturated rings. The summed E-state index contributed by atoms with van der Waals surface area (Å²) in [4.78, 5) is 26.8. The van der Waals surface area contributed by atoms with E-state index in [9.17, 15) is 9.59 Å². The van der Waals surface area contributed by atoms with Gasteiger partial charge in [-0.1, -0.05) is 0 Å². The number of allylic oxidation sites excluding steroid dienone is 2. The van der Waals surface area contributed by atoms with Gasteiger partial charge in [0, 0.05) is 0 Å². The summed E-state index contributed by atoms with van der Waals surface area (Å²) in [5.74, 6) is -0.339. The third-order valence-corrected chi connectivity index (χ3v) is 7.40. The molecule has 0 radical (unpaired) electrons. The Morgan fingerprint density at radius 2 is 1.64 bits per heavy atom. The topological polar surface area (TPSA) is 34.1 Å². The van der Waals surface area contributed by atoms with Crippen molar-refractivity contribution < 1.29 is 9.59 Å². The molecule has 0 saturated heterocycles. The van der Waals surface area contributed by atoms with E-state index in [2.05, 4.69) is 12.2 Å². The number of carbonyl (C=O) groups is 2. The molecule has 25 heavy (non-hydrogen) atoms. The third-order valence-electron chi connectivity index (χ3n) is 4.33. The molecule has 0 aliphatic heterocycles. The van der Waals surface area contributed by atoms with Crippen molar-refractivity contribution in [3.63, 3.8) is 0 Å². The van der Waals surface area contributed by atoms with Crippen LogP contribution >= 0.6 is 11.8 Å². The first kappa shape index (κ1) is 18.2. The molecule has 0 spiro atoms. The molecule has 0 heterocycles. The first-order valence-corrected chi connectivity index (χ1v) is 10.9. The van der Waals surface area contributed by atoms with Crippen LogP contribution < -0.4 is 4.46 Å². The Labute approximate surface area is 159 Å². The van der Waals surface area contributed by atoms with Crippen LogP contribution in [0.4, 0.5) is 0 Å². The van der Waals surface area contributed by atoms with Gasteiger partial charge in [0.2, 0.25) is 0 Å². The first-order chi connectivity index (χ1) is 12.1. The summed E-state index contributed by atoms with van der Waals surface area (Å²) in [6.07, 6.45) is 4.79. The van der Waals surface area contributed by atoms with E-state index in [4.69, 9.17) is 0 Å². The van der Waals surface area contributed by atoms with E-state index in [0.717, 1.165) is 9.36 Å². The van der Waals surface area contributed by atoms with E-state index in [-0.39, 0.29) is 42.5 Å². The molecular weight excluding hydrogens is 395 g/mol.